The van der Waals surface area contributed by atoms with Gasteiger partial charge in [-0.05, 0) is 55.6 Å². The van der Waals surface area contributed by atoms with E-state index in [9.17, 15) is 4.79 Å². The predicted octanol–water partition coefficient (Wildman–Crippen LogP) is 2.10. The van der Waals surface area contributed by atoms with Gasteiger partial charge in [0, 0.05) is 75.0 Å². The van der Waals surface area contributed by atoms with E-state index in [1.807, 2.05) is 36.4 Å². The van der Waals surface area contributed by atoms with E-state index in [0.29, 0.717) is 5.56 Å². The van der Waals surface area contributed by atoms with E-state index in [0.717, 1.165) is 58.0 Å². The second-order valence-corrected chi connectivity index (χ2v) is 7.58. The average Bonchev–Trinajstić information content (AvgIpc) is 2.76. The van der Waals surface area contributed by atoms with Gasteiger partial charge < -0.3 is 25.3 Å². The topological polar surface area (TPSA) is 50.9 Å². The van der Waals surface area contributed by atoms with E-state index in [1.54, 1.807) is 0 Å². The maximum atomic E-state index is 12.6. The molecule has 0 radical (unpaired) electrons. The Balaban J connectivity index is 1.35. The molecule has 1 amide bonds. The van der Waals surface area contributed by atoms with Crippen molar-refractivity contribution in [3.05, 3.63) is 54.1 Å². The second kappa shape index (κ2) is 8.63. The number of carbonyl (C=O) groups excluding carboxylic acids is 1. The Morgan fingerprint density at radius 1 is 0.786 bits per heavy atom. The van der Waals surface area contributed by atoms with Crippen molar-refractivity contribution in [2.24, 2.45) is 0 Å². The monoisotopic (exact) mass is 379 g/mol. The van der Waals surface area contributed by atoms with E-state index in [4.69, 9.17) is 0 Å². The molecule has 0 unspecified atom stereocenters. The summed E-state index contributed by atoms with van der Waals surface area (Å²) < 4.78 is 0. The molecule has 4 rings (SSSR count). The molecule has 0 aromatic heterocycles. The van der Waals surface area contributed by atoms with Crippen LogP contribution in [-0.2, 0) is 0 Å². The standard InChI is InChI=1S/C22H29N5O/c1-25-14-16-27(17-15-25)21-8-4-19(5-9-21)24-22(28)18-2-6-20(7-3-18)26-12-10-23-11-13-26/h2-9,23H,10-17H2,1H3,(H,24,28). The smallest absolute Gasteiger partial charge is 0.255 e. The van der Waals surface area contributed by atoms with Crippen LogP contribution < -0.4 is 20.4 Å². The summed E-state index contributed by atoms with van der Waals surface area (Å²) in [6.07, 6.45) is 0. The third kappa shape index (κ3) is 4.46. The fraction of sp³-hybridized carbons (Fsp3) is 0.409. The van der Waals surface area contributed by atoms with Crippen molar-refractivity contribution in [1.29, 1.82) is 0 Å². The zero-order chi connectivity index (χ0) is 19.3. The zero-order valence-electron chi connectivity index (χ0n) is 16.5. The largest absolute Gasteiger partial charge is 0.369 e. The summed E-state index contributed by atoms with van der Waals surface area (Å²) in [5.41, 5.74) is 3.90. The molecule has 6 heteroatoms. The molecule has 2 aliphatic heterocycles. The summed E-state index contributed by atoms with van der Waals surface area (Å²) in [7, 11) is 2.16. The minimum absolute atomic E-state index is 0.0702. The maximum absolute atomic E-state index is 12.6. The Labute approximate surface area is 167 Å². The van der Waals surface area contributed by atoms with Crippen molar-refractivity contribution in [3.63, 3.8) is 0 Å². The van der Waals surface area contributed by atoms with Gasteiger partial charge in [-0.25, -0.2) is 0 Å². The van der Waals surface area contributed by atoms with E-state index in [1.165, 1.54) is 11.4 Å². The summed E-state index contributed by atoms with van der Waals surface area (Å²) in [6.45, 7) is 8.28. The van der Waals surface area contributed by atoms with Gasteiger partial charge in [0.05, 0.1) is 0 Å². The Morgan fingerprint density at radius 3 is 1.93 bits per heavy atom. The molecule has 0 aliphatic carbocycles. The minimum atomic E-state index is -0.0702. The molecule has 0 spiro atoms. The second-order valence-electron chi connectivity index (χ2n) is 7.58. The molecule has 2 heterocycles. The van der Waals surface area contributed by atoms with Crippen LogP contribution >= 0.6 is 0 Å². The lowest BCUT2D eigenvalue weighted by atomic mass is 10.1. The van der Waals surface area contributed by atoms with Crippen LogP contribution in [-0.4, -0.2) is 70.2 Å². The van der Waals surface area contributed by atoms with Crippen molar-refractivity contribution < 1.29 is 4.79 Å². The fourth-order valence-electron chi connectivity index (χ4n) is 3.77. The molecule has 6 nitrogen and oxygen atoms in total. The van der Waals surface area contributed by atoms with Crippen LogP contribution in [0.25, 0.3) is 0 Å². The van der Waals surface area contributed by atoms with Crippen LogP contribution in [0.3, 0.4) is 0 Å². The SMILES string of the molecule is CN1CCN(c2ccc(NC(=O)c3ccc(N4CCNCC4)cc3)cc2)CC1. The van der Waals surface area contributed by atoms with E-state index < -0.39 is 0 Å². The number of anilines is 3. The van der Waals surface area contributed by atoms with Crippen molar-refractivity contribution >= 4 is 23.0 Å². The number of nitrogens with zero attached hydrogens (tertiary/aromatic N) is 3. The molecule has 0 bridgehead atoms. The molecule has 0 atom stereocenters. The van der Waals surface area contributed by atoms with E-state index in [-0.39, 0.29) is 5.91 Å². The van der Waals surface area contributed by atoms with Crippen molar-refractivity contribution in [1.82, 2.24) is 10.2 Å². The van der Waals surface area contributed by atoms with Gasteiger partial charge in [0.15, 0.2) is 0 Å². The quantitative estimate of drug-likeness (QED) is 0.852. The summed E-state index contributed by atoms with van der Waals surface area (Å²) in [5, 5.41) is 6.36. The molecular weight excluding hydrogens is 350 g/mol. The van der Waals surface area contributed by atoms with Gasteiger partial charge in [-0.15, -0.1) is 0 Å². The third-order valence-corrected chi connectivity index (χ3v) is 5.61. The summed E-state index contributed by atoms with van der Waals surface area (Å²) in [5.74, 6) is -0.0702. The normalized spacial score (nSPS) is 18.2. The number of benzene rings is 2. The van der Waals surface area contributed by atoms with E-state index in [2.05, 4.69) is 44.5 Å². The molecule has 148 valence electrons. The van der Waals surface area contributed by atoms with Crippen LogP contribution in [0, 0.1) is 0 Å². The maximum Gasteiger partial charge on any atom is 0.255 e. The fourth-order valence-corrected chi connectivity index (χ4v) is 3.77. The predicted molar refractivity (Wildman–Crippen MR) is 116 cm³/mol. The van der Waals surface area contributed by atoms with Crippen LogP contribution in [0.2, 0.25) is 0 Å². The first-order valence-electron chi connectivity index (χ1n) is 10.1. The van der Waals surface area contributed by atoms with Gasteiger partial charge in [0.2, 0.25) is 0 Å². The number of rotatable bonds is 4. The first kappa shape index (κ1) is 18.8. The lowest BCUT2D eigenvalue weighted by molar-refractivity contribution is 0.102. The minimum Gasteiger partial charge on any atom is -0.369 e. The summed E-state index contributed by atoms with van der Waals surface area (Å²) >= 11 is 0. The lowest BCUT2D eigenvalue weighted by Gasteiger charge is -2.34. The molecular formula is C22H29N5O. The summed E-state index contributed by atoms with van der Waals surface area (Å²) in [4.78, 5) is 19.7. The van der Waals surface area contributed by atoms with Gasteiger partial charge >= 0.3 is 0 Å². The highest BCUT2D eigenvalue weighted by Crippen LogP contribution is 2.21. The van der Waals surface area contributed by atoms with Crippen LogP contribution in [0.4, 0.5) is 17.1 Å². The van der Waals surface area contributed by atoms with Crippen molar-refractivity contribution in [3.8, 4) is 0 Å². The first-order chi connectivity index (χ1) is 13.7. The molecule has 2 fully saturated rings. The molecule has 2 aromatic carbocycles. The first-order valence-corrected chi connectivity index (χ1v) is 10.1. The highest BCUT2D eigenvalue weighted by Gasteiger charge is 2.15. The molecule has 0 saturated carbocycles. The highest BCUT2D eigenvalue weighted by molar-refractivity contribution is 6.04. The number of carbonyl (C=O) groups is 1. The van der Waals surface area contributed by atoms with E-state index >= 15 is 0 Å². The Kier molecular flexibility index (Phi) is 5.78. The molecule has 2 saturated heterocycles. The highest BCUT2D eigenvalue weighted by atomic mass is 16.1. The number of amides is 1. The lowest BCUT2D eigenvalue weighted by Crippen LogP contribution is -2.44. The Morgan fingerprint density at radius 2 is 1.32 bits per heavy atom. The van der Waals surface area contributed by atoms with Crippen LogP contribution in [0.1, 0.15) is 10.4 Å². The van der Waals surface area contributed by atoms with Gasteiger partial charge in [-0.2, -0.15) is 0 Å². The number of nitrogens with one attached hydrogen (secondary N) is 2. The average molecular weight is 380 g/mol. The zero-order valence-corrected chi connectivity index (χ0v) is 16.5. The van der Waals surface area contributed by atoms with Crippen molar-refractivity contribution in [2.45, 2.75) is 0 Å². The van der Waals surface area contributed by atoms with Gasteiger partial charge in [0.1, 0.15) is 0 Å². The van der Waals surface area contributed by atoms with Crippen LogP contribution in [0.15, 0.2) is 48.5 Å². The van der Waals surface area contributed by atoms with Gasteiger partial charge in [-0.1, -0.05) is 0 Å². The molecule has 2 aliphatic rings. The third-order valence-electron chi connectivity index (χ3n) is 5.61. The van der Waals surface area contributed by atoms with Gasteiger partial charge in [0.25, 0.3) is 5.91 Å². The number of likely N-dealkylation sites (N-methyl/N-ethyl adjacent to an activating group) is 1. The summed E-state index contributed by atoms with van der Waals surface area (Å²) in [6, 6.07) is 16.0. The van der Waals surface area contributed by atoms with Crippen LogP contribution in [0.5, 0.6) is 0 Å². The Bertz CT molecular complexity index is 776. The Hall–Kier alpha value is -2.57. The number of hydrogen-bond acceptors (Lipinski definition) is 5. The molecule has 2 aromatic rings. The molecule has 28 heavy (non-hydrogen) atoms. The van der Waals surface area contributed by atoms with Gasteiger partial charge in [-0.3, -0.25) is 4.79 Å². The number of hydrogen-bond donors (Lipinski definition) is 2. The van der Waals surface area contributed by atoms with Crippen molar-refractivity contribution in [2.75, 3.05) is 74.5 Å². The number of piperazine rings is 2. The molecule has 2 N–H and O–H groups in total.